The molecule has 6 heteroatoms. The number of anilines is 1. The van der Waals surface area contributed by atoms with Crippen LogP contribution in [-0.2, 0) is 9.59 Å². The highest BCUT2D eigenvalue weighted by atomic mass is 35.5. The quantitative estimate of drug-likeness (QED) is 0.911. The Morgan fingerprint density at radius 2 is 2.10 bits per heavy atom. The Bertz CT molecular complexity index is 548. The molecule has 0 radical (unpaired) electrons. The standard InChI is InChI=1S/C14H16ClFN2O2/c1-8(2)13-14(20)18(6-5-12(19)17-13)11-4-3-9(15)7-10(11)16/h3-4,7-8,13H,5-6H2,1-2H3,(H,17,19). The molecule has 1 aromatic carbocycles. The van der Waals surface area contributed by atoms with Gasteiger partial charge in [0.25, 0.3) is 0 Å². The van der Waals surface area contributed by atoms with Gasteiger partial charge in [0.1, 0.15) is 11.9 Å². The predicted octanol–water partition coefficient (Wildman–Crippen LogP) is 2.36. The average molecular weight is 299 g/mol. The first-order valence-corrected chi connectivity index (χ1v) is 6.83. The summed E-state index contributed by atoms with van der Waals surface area (Å²) in [5.41, 5.74) is 0.154. The van der Waals surface area contributed by atoms with Gasteiger partial charge in [0.2, 0.25) is 11.8 Å². The Morgan fingerprint density at radius 1 is 1.40 bits per heavy atom. The van der Waals surface area contributed by atoms with E-state index in [1.807, 2.05) is 13.8 Å². The fourth-order valence-corrected chi connectivity index (χ4v) is 2.35. The zero-order valence-electron chi connectivity index (χ0n) is 11.3. The van der Waals surface area contributed by atoms with E-state index in [-0.39, 0.29) is 41.4 Å². The molecule has 2 amide bonds. The first-order chi connectivity index (χ1) is 9.40. The van der Waals surface area contributed by atoms with Gasteiger partial charge >= 0.3 is 0 Å². The minimum Gasteiger partial charge on any atom is -0.344 e. The molecular formula is C14H16ClFN2O2. The van der Waals surface area contributed by atoms with Crippen LogP contribution in [0.3, 0.4) is 0 Å². The zero-order valence-corrected chi connectivity index (χ0v) is 12.1. The van der Waals surface area contributed by atoms with Gasteiger partial charge in [0.15, 0.2) is 0 Å². The fourth-order valence-electron chi connectivity index (χ4n) is 2.19. The van der Waals surface area contributed by atoms with Gasteiger partial charge in [-0.1, -0.05) is 25.4 Å². The van der Waals surface area contributed by atoms with Gasteiger partial charge in [0.05, 0.1) is 5.69 Å². The summed E-state index contributed by atoms with van der Waals surface area (Å²) in [6, 6.07) is 3.51. The molecule has 20 heavy (non-hydrogen) atoms. The Kier molecular flexibility index (Phi) is 4.28. The topological polar surface area (TPSA) is 49.4 Å². The second-order valence-electron chi connectivity index (χ2n) is 5.12. The Balaban J connectivity index is 2.38. The number of hydrogen-bond acceptors (Lipinski definition) is 2. The summed E-state index contributed by atoms with van der Waals surface area (Å²) in [5.74, 6) is -1.13. The van der Waals surface area contributed by atoms with Crippen LogP contribution in [0, 0.1) is 11.7 Å². The first-order valence-electron chi connectivity index (χ1n) is 6.46. The van der Waals surface area contributed by atoms with Gasteiger partial charge in [-0.25, -0.2) is 4.39 Å². The van der Waals surface area contributed by atoms with Gasteiger partial charge in [-0.05, 0) is 24.1 Å². The van der Waals surface area contributed by atoms with Crippen LogP contribution in [-0.4, -0.2) is 24.4 Å². The van der Waals surface area contributed by atoms with Crippen molar-refractivity contribution in [1.29, 1.82) is 0 Å². The van der Waals surface area contributed by atoms with E-state index in [0.717, 1.165) is 6.07 Å². The summed E-state index contributed by atoms with van der Waals surface area (Å²) in [6.07, 6.45) is 0.150. The van der Waals surface area contributed by atoms with Crippen molar-refractivity contribution in [2.24, 2.45) is 5.92 Å². The van der Waals surface area contributed by atoms with Gasteiger partial charge in [0, 0.05) is 18.0 Å². The number of halogens is 2. The molecule has 1 saturated heterocycles. The largest absolute Gasteiger partial charge is 0.344 e. The molecule has 0 aliphatic carbocycles. The van der Waals surface area contributed by atoms with Crippen molar-refractivity contribution in [2.75, 3.05) is 11.4 Å². The van der Waals surface area contributed by atoms with Crippen molar-refractivity contribution < 1.29 is 14.0 Å². The van der Waals surface area contributed by atoms with Crippen molar-refractivity contribution >= 4 is 29.1 Å². The van der Waals surface area contributed by atoms with E-state index in [0.29, 0.717) is 0 Å². The highest BCUT2D eigenvalue weighted by Crippen LogP contribution is 2.25. The van der Waals surface area contributed by atoms with Gasteiger partial charge in [-0.3, -0.25) is 9.59 Å². The maximum Gasteiger partial charge on any atom is 0.249 e. The summed E-state index contributed by atoms with van der Waals surface area (Å²) in [7, 11) is 0. The molecule has 4 nitrogen and oxygen atoms in total. The first kappa shape index (κ1) is 14.8. The molecule has 1 fully saturated rings. The average Bonchev–Trinajstić information content (AvgIpc) is 2.50. The molecule has 1 aliphatic heterocycles. The molecule has 0 spiro atoms. The molecular weight excluding hydrogens is 283 g/mol. The molecule has 0 aromatic heterocycles. The lowest BCUT2D eigenvalue weighted by Gasteiger charge is -2.26. The highest BCUT2D eigenvalue weighted by Gasteiger charge is 2.33. The Morgan fingerprint density at radius 3 is 2.70 bits per heavy atom. The lowest BCUT2D eigenvalue weighted by molar-refractivity contribution is -0.126. The molecule has 0 saturated carbocycles. The summed E-state index contributed by atoms with van der Waals surface area (Å²) in [4.78, 5) is 25.4. The summed E-state index contributed by atoms with van der Waals surface area (Å²) < 4.78 is 14.0. The second-order valence-corrected chi connectivity index (χ2v) is 5.56. The number of nitrogens with zero attached hydrogens (tertiary/aromatic N) is 1. The molecule has 0 bridgehead atoms. The Labute approximate surface area is 121 Å². The van der Waals surface area contributed by atoms with Crippen LogP contribution in [0.1, 0.15) is 20.3 Å². The summed E-state index contributed by atoms with van der Waals surface area (Å²) in [6.45, 7) is 3.83. The number of carbonyl (C=O) groups is 2. The molecule has 1 atom stereocenters. The maximum atomic E-state index is 14.0. The number of carbonyl (C=O) groups excluding carboxylic acids is 2. The third-order valence-corrected chi connectivity index (χ3v) is 3.51. The van der Waals surface area contributed by atoms with Crippen LogP contribution in [0.5, 0.6) is 0 Å². The molecule has 1 unspecified atom stereocenters. The Hall–Kier alpha value is -1.62. The minimum atomic E-state index is -0.639. The van der Waals surface area contributed by atoms with Gasteiger partial charge in [-0.2, -0.15) is 0 Å². The number of nitrogens with one attached hydrogen (secondary N) is 1. The van der Waals surface area contributed by atoms with Crippen LogP contribution < -0.4 is 10.2 Å². The van der Waals surface area contributed by atoms with E-state index in [1.165, 1.54) is 17.0 Å². The van der Waals surface area contributed by atoms with Crippen molar-refractivity contribution in [3.8, 4) is 0 Å². The number of rotatable bonds is 2. The monoisotopic (exact) mass is 298 g/mol. The lowest BCUT2D eigenvalue weighted by atomic mass is 10.0. The van der Waals surface area contributed by atoms with Crippen molar-refractivity contribution in [3.05, 3.63) is 29.0 Å². The lowest BCUT2D eigenvalue weighted by Crippen LogP contribution is -2.48. The molecule has 2 rings (SSSR count). The normalized spacial score (nSPS) is 20.1. The van der Waals surface area contributed by atoms with E-state index in [9.17, 15) is 14.0 Å². The zero-order chi connectivity index (χ0) is 14.9. The van der Waals surface area contributed by atoms with Crippen molar-refractivity contribution in [1.82, 2.24) is 5.32 Å². The van der Waals surface area contributed by atoms with E-state index in [2.05, 4.69) is 5.32 Å². The molecule has 108 valence electrons. The van der Waals surface area contributed by atoms with E-state index < -0.39 is 11.9 Å². The number of hydrogen-bond donors (Lipinski definition) is 1. The summed E-state index contributed by atoms with van der Waals surface area (Å²) in [5, 5.41) is 2.95. The smallest absolute Gasteiger partial charge is 0.249 e. The number of amides is 2. The van der Waals surface area contributed by atoms with Gasteiger partial charge in [-0.15, -0.1) is 0 Å². The molecule has 1 heterocycles. The summed E-state index contributed by atoms with van der Waals surface area (Å²) >= 11 is 5.72. The van der Waals surface area contributed by atoms with E-state index in [1.54, 1.807) is 0 Å². The SMILES string of the molecule is CC(C)C1NC(=O)CCN(c2ccc(Cl)cc2F)C1=O. The van der Waals surface area contributed by atoms with E-state index in [4.69, 9.17) is 11.6 Å². The third kappa shape index (κ3) is 2.93. The molecule has 1 aliphatic rings. The fraction of sp³-hybridized carbons (Fsp3) is 0.429. The van der Waals surface area contributed by atoms with E-state index >= 15 is 0 Å². The highest BCUT2D eigenvalue weighted by molar-refractivity contribution is 6.30. The van der Waals surface area contributed by atoms with Crippen molar-refractivity contribution in [2.45, 2.75) is 26.3 Å². The van der Waals surface area contributed by atoms with Crippen LogP contribution in [0.25, 0.3) is 0 Å². The van der Waals surface area contributed by atoms with Crippen molar-refractivity contribution in [3.63, 3.8) is 0 Å². The van der Waals surface area contributed by atoms with Crippen LogP contribution in [0.4, 0.5) is 10.1 Å². The molecule has 1 N–H and O–H groups in total. The molecule has 1 aromatic rings. The van der Waals surface area contributed by atoms with Gasteiger partial charge < -0.3 is 10.2 Å². The predicted molar refractivity (Wildman–Crippen MR) is 75.1 cm³/mol. The number of benzene rings is 1. The third-order valence-electron chi connectivity index (χ3n) is 3.28. The minimum absolute atomic E-state index is 0.0672. The van der Waals surface area contributed by atoms with Crippen LogP contribution >= 0.6 is 11.6 Å². The van der Waals surface area contributed by atoms with Crippen LogP contribution in [0.2, 0.25) is 5.02 Å². The maximum absolute atomic E-state index is 14.0. The second kappa shape index (κ2) is 5.79. The van der Waals surface area contributed by atoms with Crippen LogP contribution in [0.15, 0.2) is 18.2 Å².